The zero-order chi connectivity index (χ0) is 16.1. The van der Waals surface area contributed by atoms with Gasteiger partial charge in [-0.25, -0.2) is 0 Å². The van der Waals surface area contributed by atoms with E-state index in [-0.39, 0.29) is 18.0 Å². The van der Waals surface area contributed by atoms with E-state index in [1.165, 1.54) is 7.11 Å². The molecule has 6 nitrogen and oxygen atoms in total. The predicted molar refractivity (Wildman–Crippen MR) is 84.3 cm³/mol. The van der Waals surface area contributed by atoms with Crippen molar-refractivity contribution in [2.45, 2.75) is 19.4 Å². The number of hydrogen-bond acceptors (Lipinski definition) is 4. The molecular weight excluding hydrogens is 350 g/mol. The van der Waals surface area contributed by atoms with Crippen molar-refractivity contribution in [3.63, 3.8) is 0 Å². The molecule has 1 amide bonds. The number of benzene rings is 1. The third kappa shape index (κ3) is 4.17. The first-order valence-corrected chi connectivity index (χ1v) is 7.44. The van der Waals surface area contributed by atoms with Gasteiger partial charge < -0.3 is 10.1 Å². The quantitative estimate of drug-likeness (QED) is 0.797. The highest BCUT2D eigenvalue weighted by atomic mass is 79.9. The minimum absolute atomic E-state index is 0.0437. The SMILES string of the molecule is COC(=O)CC(NC(=O)c1cc(C)[nH]n1)c1cccc(Br)c1. The second kappa shape index (κ2) is 7.22. The zero-order valence-corrected chi connectivity index (χ0v) is 13.8. The van der Waals surface area contributed by atoms with Crippen LogP contribution in [-0.4, -0.2) is 29.2 Å². The van der Waals surface area contributed by atoms with E-state index in [1.54, 1.807) is 6.07 Å². The highest BCUT2D eigenvalue weighted by molar-refractivity contribution is 9.10. The number of ether oxygens (including phenoxy) is 1. The first kappa shape index (κ1) is 16.2. The van der Waals surface area contributed by atoms with E-state index in [4.69, 9.17) is 4.74 Å². The Hall–Kier alpha value is -2.15. The molecule has 0 aliphatic heterocycles. The number of methoxy groups -OCH3 is 1. The number of amides is 1. The number of hydrogen-bond donors (Lipinski definition) is 2. The van der Waals surface area contributed by atoms with Crippen molar-refractivity contribution >= 4 is 27.8 Å². The second-order valence-corrected chi connectivity index (χ2v) is 5.71. The average Bonchev–Trinajstić information content (AvgIpc) is 2.93. The number of carbonyl (C=O) groups is 2. The summed E-state index contributed by atoms with van der Waals surface area (Å²) in [5.74, 6) is -0.748. The molecule has 0 aliphatic rings. The minimum atomic E-state index is -0.491. The summed E-state index contributed by atoms with van der Waals surface area (Å²) in [6.07, 6.45) is 0.0437. The van der Waals surface area contributed by atoms with E-state index in [0.717, 1.165) is 15.7 Å². The molecule has 2 N–H and O–H groups in total. The summed E-state index contributed by atoms with van der Waals surface area (Å²) in [6.45, 7) is 1.81. The summed E-state index contributed by atoms with van der Waals surface area (Å²) in [5.41, 5.74) is 1.87. The fraction of sp³-hybridized carbons (Fsp3) is 0.267. The first-order chi connectivity index (χ1) is 10.5. The molecule has 22 heavy (non-hydrogen) atoms. The van der Waals surface area contributed by atoms with Gasteiger partial charge in [-0.3, -0.25) is 14.7 Å². The number of rotatable bonds is 5. The molecule has 0 spiro atoms. The van der Waals surface area contributed by atoms with Crippen LogP contribution in [-0.2, 0) is 9.53 Å². The van der Waals surface area contributed by atoms with Gasteiger partial charge in [0.1, 0.15) is 5.69 Å². The Balaban J connectivity index is 2.20. The molecule has 0 aliphatic carbocycles. The van der Waals surface area contributed by atoms with Crippen molar-refractivity contribution in [2.24, 2.45) is 0 Å². The van der Waals surface area contributed by atoms with Gasteiger partial charge >= 0.3 is 5.97 Å². The monoisotopic (exact) mass is 365 g/mol. The van der Waals surface area contributed by atoms with Crippen LogP contribution in [0.25, 0.3) is 0 Å². The van der Waals surface area contributed by atoms with E-state index in [1.807, 2.05) is 31.2 Å². The summed E-state index contributed by atoms with van der Waals surface area (Å²) in [6, 6.07) is 8.56. The fourth-order valence-electron chi connectivity index (χ4n) is 1.99. The normalized spacial score (nSPS) is 11.8. The van der Waals surface area contributed by atoms with Gasteiger partial charge in [-0.05, 0) is 30.7 Å². The Morgan fingerprint density at radius 2 is 2.18 bits per heavy atom. The third-order valence-corrected chi connectivity index (χ3v) is 3.59. The van der Waals surface area contributed by atoms with Crippen LogP contribution in [0, 0.1) is 6.92 Å². The van der Waals surface area contributed by atoms with E-state index in [2.05, 4.69) is 31.4 Å². The van der Waals surface area contributed by atoms with Crippen molar-refractivity contribution in [1.29, 1.82) is 0 Å². The van der Waals surface area contributed by atoms with Crippen LogP contribution in [0.4, 0.5) is 0 Å². The van der Waals surface area contributed by atoms with Gasteiger partial charge in [0.15, 0.2) is 0 Å². The van der Waals surface area contributed by atoms with Crippen molar-refractivity contribution < 1.29 is 14.3 Å². The van der Waals surface area contributed by atoms with Crippen molar-refractivity contribution in [1.82, 2.24) is 15.5 Å². The van der Waals surface area contributed by atoms with Crippen LogP contribution in [0.15, 0.2) is 34.8 Å². The molecule has 7 heteroatoms. The van der Waals surface area contributed by atoms with Crippen molar-refractivity contribution in [3.05, 3.63) is 51.8 Å². The van der Waals surface area contributed by atoms with Crippen LogP contribution >= 0.6 is 15.9 Å². The smallest absolute Gasteiger partial charge is 0.307 e. The maximum atomic E-state index is 12.2. The second-order valence-electron chi connectivity index (χ2n) is 4.80. The van der Waals surface area contributed by atoms with Gasteiger partial charge in [-0.15, -0.1) is 0 Å². The molecule has 0 saturated carbocycles. The number of nitrogens with one attached hydrogen (secondary N) is 2. The van der Waals surface area contributed by atoms with Crippen LogP contribution < -0.4 is 5.32 Å². The van der Waals surface area contributed by atoms with Crippen molar-refractivity contribution in [2.75, 3.05) is 7.11 Å². The molecule has 0 fully saturated rings. The molecule has 2 aromatic rings. The molecular formula is C15H16BrN3O3. The number of halogens is 1. The molecule has 116 valence electrons. The number of carbonyl (C=O) groups excluding carboxylic acids is 2. The summed E-state index contributed by atoms with van der Waals surface area (Å²) in [4.78, 5) is 23.8. The largest absolute Gasteiger partial charge is 0.469 e. The number of H-pyrrole nitrogens is 1. The zero-order valence-electron chi connectivity index (χ0n) is 12.2. The maximum Gasteiger partial charge on any atom is 0.307 e. The Labute approximate surface area is 136 Å². The highest BCUT2D eigenvalue weighted by Gasteiger charge is 2.21. The summed E-state index contributed by atoms with van der Waals surface area (Å²) in [7, 11) is 1.32. The highest BCUT2D eigenvalue weighted by Crippen LogP contribution is 2.21. The molecule has 1 aromatic carbocycles. The van der Waals surface area contributed by atoms with E-state index >= 15 is 0 Å². The molecule has 1 aromatic heterocycles. The predicted octanol–water partition coefficient (Wildman–Crippen LogP) is 2.51. The Kier molecular flexibility index (Phi) is 5.32. The van der Waals surface area contributed by atoms with Crippen LogP contribution in [0.5, 0.6) is 0 Å². The molecule has 0 saturated heterocycles. The summed E-state index contributed by atoms with van der Waals surface area (Å²) in [5, 5.41) is 9.44. The lowest BCUT2D eigenvalue weighted by Crippen LogP contribution is -2.30. The molecule has 1 heterocycles. The van der Waals surface area contributed by atoms with E-state index < -0.39 is 12.0 Å². The van der Waals surface area contributed by atoms with Gasteiger partial charge in [-0.1, -0.05) is 28.1 Å². The number of aryl methyl sites for hydroxylation is 1. The Morgan fingerprint density at radius 3 is 2.77 bits per heavy atom. The number of nitrogens with zero attached hydrogens (tertiary/aromatic N) is 1. The van der Waals surface area contributed by atoms with Crippen molar-refractivity contribution in [3.8, 4) is 0 Å². The molecule has 0 bridgehead atoms. The molecule has 2 rings (SSSR count). The topological polar surface area (TPSA) is 84.1 Å². The standard InChI is InChI=1S/C15H16BrN3O3/c1-9-6-13(19-18-9)15(21)17-12(8-14(20)22-2)10-4-3-5-11(16)7-10/h3-7,12H,8H2,1-2H3,(H,17,21)(H,18,19). The first-order valence-electron chi connectivity index (χ1n) is 6.64. The molecule has 1 unspecified atom stereocenters. The minimum Gasteiger partial charge on any atom is -0.469 e. The molecule has 1 atom stereocenters. The lowest BCUT2D eigenvalue weighted by molar-refractivity contribution is -0.141. The van der Waals surface area contributed by atoms with E-state index in [0.29, 0.717) is 0 Å². The lowest BCUT2D eigenvalue weighted by atomic mass is 10.0. The number of esters is 1. The van der Waals surface area contributed by atoms with Crippen LogP contribution in [0.1, 0.15) is 34.2 Å². The van der Waals surface area contributed by atoms with E-state index in [9.17, 15) is 9.59 Å². The van der Waals surface area contributed by atoms with Gasteiger partial charge in [-0.2, -0.15) is 5.10 Å². The number of aromatic nitrogens is 2. The number of aromatic amines is 1. The van der Waals surface area contributed by atoms with Crippen LogP contribution in [0.2, 0.25) is 0 Å². The van der Waals surface area contributed by atoms with Gasteiger partial charge in [0.05, 0.1) is 19.6 Å². The van der Waals surface area contributed by atoms with Gasteiger partial charge in [0.2, 0.25) is 0 Å². The molecule has 0 radical (unpaired) electrons. The van der Waals surface area contributed by atoms with Gasteiger partial charge in [0, 0.05) is 10.2 Å². The van der Waals surface area contributed by atoms with Crippen LogP contribution in [0.3, 0.4) is 0 Å². The maximum absolute atomic E-state index is 12.2. The average molecular weight is 366 g/mol. The lowest BCUT2D eigenvalue weighted by Gasteiger charge is -2.18. The third-order valence-electron chi connectivity index (χ3n) is 3.09. The summed E-state index contributed by atoms with van der Waals surface area (Å²) >= 11 is 3.38. The Bertz CT molecular complexity index is 684. The fourth-order valence-corrected chi connectivity index (χ4v) is 2.41. The summed E-state index contributed by atoms with van der Waals surface area (Å²) < 4.78 is 5.57. The Morgan fingerprint density at radius 1 is 1.41 bits per heavy atom. The van der Waals surface area contributed by atoms with Gasteiger partial charge in [0.25, 0.3) is 5.91 Å².